The van der Waals surface area contributed by atoms with Gasteiger partial charge in [-0.2, -0.15) is 5.10 Å². The SMILES string of the molecule is Cc1cc(-c2cc3n(n2)CCCNC3)nc2ccc(N3CCOCC3)cc12.Cl.Cl. The van der Waals surface area contributed by atoms with Crippen LogP contribution in [0.3, 0.4) is 0 Å². The topological polar surface area (TPSA) is 55.2 Å². The monoisotopic (exact) mass is 435 g/mol. The lowest BCUT2D eigenvalue weighted by atomic mass is 10.1. The molecular weight excluding hydrogens is 409 g/mol. The van der Waals surface area contributed by atoms with Gasteiger partial charge in [-0.15, -0.1) is 24.8 Å². The van der Waals surface area contributed by atoms with E-state index in [1.54, 1.807) is 0 Å². The lowest BCUT2D eigenvalue weighted by Gasteiger charge is -2.29. The molecule has 2 aromatic heterocycles. The molecule has 0 unspecified atom stereocenters. The van der Waals surface area contributed by atoms with E-state index in [1.165, 1.54) is 22.3 Å². The second-order valence-corrected chi connectivity index (χ2v) is 7.40. The van der Waals surface area contributed by atoms with Gasteiger partial charge in [0.1, 0.15) is 5.69 Å². The number of fused-ring (bicyclic) bond motifs is 2. The molecule has 0 bridgehead atoms. The summed E-state index contributed by atoms with van der Waals surface area (Å²) in [5.41, 5.74) is 6.69. The Morgan fingerprint density at radius 2 is 1.83 bits per heavy atom. The molecule has 29 heavy (non-hydrogen) atoms. The van der Waals surface area contributed by atoms with Crippen molar-refractivity contribution in [1.82, 2.24) is 20.1 Å². The first-order valence-corrected chi connectivity index (χ1v) is 9.80. The van der Waals surface area contributed by atoms with Crippen LogP contribution in [0.2, 0.25) is 0 Å². The highest BCUT2D eigenvalue weighted by Gasteiger charge is 2.16. The molecule has 0 radical (unpaired) electrons. The summed E-state index contributed by atoms with van der Waals surface area (Å²) < 4.78 is 7.60. The Bertz CT molecular complexity index is 961. The zero-order chi connectivity index (χ0) is 18.2. The number of hydrogen-bond acceptors (Lipinski definition) is 5. The van der Waals surface area contributed by atoms with E-state index in [1.807, 2.05) is 0 Å². The van der Waals surface area contributed by atoms with E-state index in [4.69, 9.17) is 14.8 Å². The van der Waals surface area contributed by atoms with E-state index in [0.717, 1.165) is 69.3 Å². The van der Waals surface area contributed by atoms with Gasteiger partial charge in [0.15, 0.2) is 0 Å². The number of halogens is 2. The summed E-state index contributed by atoms with van der Waals surface area (Å²) in [6.45, 7) is 8.56. The van der Waals surface area contributed by atoms with Gasteiger partial charge >= 0.3 is 0 Å². The molecule has 156 valence electrons. The molecule has 1 aromatic carbocycles. The fraction of sp³-hybridized carbons (Fsp3) is 0.429. The average molecular weight is 436 g/mol. The summed E-state index contributed by atoms with van der Waals surface area (Å²) in [5, 5.41) is 9.48. The van der Waals surface area contributed by atoms with Gasteiger partial charge in [-0.3, -0.25) is 4.68 Å². The minimum absolute atomic E-state index is 0. The molecule has 2 aliphatic rings. The van der Waals surface area contributed by atoms with Gasteiger partial charge in [-0.25, -0.2) is 4.98 Å². The van der Waals surface area contributed by atoms with Crippen molar-refractivity contribution in [2.75, 3.05) is 37.7 Å². The van der Waals surface area contributed by atoms with Crippen molar-refractivity contribution in [3.8, 4) is 11.4 Å². The van der Waals surface area contributed by atoms with E-state index < -0.39 is 0 Å². The van der Waals surface area contributed by atoms with Crippen molar-refractivity contribution in [2.45, 2.75) is 26.4 Å². The molecule has 0 amide bonds. The van der Waals surface area contributed by atoms with Gasteiger partial charge in [0.25, 0.3) is 0 Å². The standard InChI is InChI=1S/C21H25N5O.2ClH/c1-15-11-20(21-13-17-14-22-5-2-6-26(17)24-21)23-19-4-3-16(12-18(15)19)25-7-9-27-10-8-25;;/h3-4,11-13,22H,2,5-10,14H2,1H3;2*1H. The van der Waals surface area contributed by atoms with Gasteiger partial charge in [0.2, 0.25) is 0 Å². The van der Waals surface area contributed by atoms with Crippen LogP contribution < -0.4 is 10.2 Å². The van der Waals surface area contributed by atoms with Gasteiger partial charge in [0, 0.05) is 37.3 Å². The summed E-state index contributed by atoms with van der Waals surface area (Å²) in [5.74, 6) is 0. The molecule has 2 aliphatic heterocycles. The molecule has 0 atom stereocenters. The van der Waals surface area contributed by atoms with E-state index in [9.17, 15) is 0 Å². The summed E-state index contributed by atoms with van der Waals surface area (Å²) in [6.07, 6.45) is 1.11. The minimum atomic E-state index is 0. The first-order valence-electron chi connectivity index (χ1n) is 9.80. The predicted molar refractivity (Wildman–Crippen MR) is 122 cm³/mol. The van der Waals surface area contributed by atoms with Gasteiger partial charge in [-0.05, 0) is 55.8 Å². The maximum absolute atomic E-state index is 5.47. The largest absolute Gasteiger partial charge is 0.378 e. The number of rotatable bonds is 2. The molecule has 6 nitrogen and oxygen atoms in total. The van der Waals surface area contributed by atoms with Crippen molar-refractivity contribution in [3.05, 3.63) is 41.6 Å². The first kappa shape index (κ1) is 21.8. The Morgan fingerprint density at radius 3 is 2.66 bits per heavy atom. The third-order valence-corrected chi connectivity index (χ3v) is 5.53. The third-order valence-electron chi connectivity index (χ3n) is 5.53. The third kappa shape index (κ3) is 4.36. The number of aromatic nitrogens is 3. The second-order valence-electron chi connectivity index (χ2n) is 7.40. The number of ether oxygens (including phenoxy) is 1. The fourth-order valence-electron chi connectivity index (χ4n) is 4.02. The van der Waals surface area contributed by atoms with E-state index in [2.05, 4.69) is 52.2 Å². The Labute approximate surface area is 183 Å². The van der Waals surface area contributed by atoms with Crippen molar-refractivity contribution in [3.63, 3.8) is 0 Å². The van der Waals surface area contributed by atoms with Crippen LogP contribution in [0.5, 0.6) is 0 Å². The number of anilines is 1. The van der Waals surface area contributed by atoms with E-state index in [-0.39, 0.29) is 24.8 Å². The number of nitrogens with zero attached hydrogens (tertiary/aromatic N) is 4. The number of aryl methyl sites for hydroxylation is 2. The number of benzene rings is 1. The van der Waals surface area contributed by atoms with Crippen molar-refractivity contribution < 1.29 is 4.74 Å². The lowest BCUT2D eigenvalue weighted by Crippen LogP contribution is -2.36. The Hall–Kier alpha value is -1.86. The highest BCUT2D eigenvalue weighted by atomic mass is 35.5. The van der Waals surface area contributed by atoms with Crippen LogP contribution in [0.1, 0.15) is 17.7 Å². The second kappa shape index (κ2) is 9.30. The molecule has 8 heteroatoms. The van der Waals surface area contributed by atoms with Crippen LogP contribution in [-0.2, 0) is 17.8 Å². The molecular formula is C21H27Cl2N5O. The summed E-state index contributed by atoms with van der Waals surface area (Å²) in [7, 11) is 0. The van der Waals surface area contributed by atoms with Crippen LogP contribution in [0.4, 0.5) is 5.69 Å². The van der Waals surface area contributed by atoms with E-state index in [0.29, 0.717) is 0 Å². The smallest absolute Gasteiger partial charge is 0.111 e. The Morgan fingerprint density at radius 1 is 1.00 bits per heavy atom. The summed E-state index contributed by atoms with van der Waals surface area (Å²) >= 11 is 0. The van der Waals surface area contributed by atoms with Gasteiger partial charge < -0.3 is 15.0 Å². The Balaban J connectivity index is 0.00000120. The number of nitrogens with one attached hydrogen (secondary N) is 1. The molecule has 4 heterocycles. The van der Waals surface area contributed by atoms with Gasteiger partial charge in [-0.1, -0.05) is 0 Å². The Kier molecular flexibility index (Phi) is 7.01. The molecule has 3 aromatic rings. The summed E-state index contributed by atoms with van der Waals surface area (Å²) in [4.78, 5) is 7.30. The van der Waals surface area contributed by atoms with Crippen LogP contribution in [0, 0.1) is 6.92 Å². The van der Waals surface area contributed by atoms with Crippen molar-refractivity contribution in [1.29, 1.82) is 0 Å². The predicted octanol–water partition coefficient (Wildman–Crippen LogP) is 3.58. The number of pyridine rings is 1. The maximum Gasteiger partial charge on any atom is 0.111 e. The molecule has 1 N–H and O–H groups in total. The zero-order valence-electron chi connectivity index (χ0n) is 16.6. The highest BCUT2D eigenvalue weighted by molar-refractivity contribution is 5.87. The molecule has 5 rings (SSSR count). The van der Waals surface area contributed by atoms with Crippen molar-refractivity contribution in [2.24, 2.45) is 0 Å². The molecule has 0 spiro atoms. The number of hydrogen-bond donors (Lipinski definition) is 1. The maximum atomic E-state index is 5.47. The quantitative estimate of drug-likeness (QED) is 0.666. The number of morpholine rings is 1. The molecule has 1 saturated heterocycles. The minimum Gasteiger partial charge on any atom is -0.378 e. The average Bonchev–Trinajstić information content (AvgIpc) is 2.99. The summed E-state index contributed by atoms with van der Waals surface area (Å²) in [6, 6.07) is 10.9. The molecule has 0 saturated carbocycles. The highest BCUT2D eigenvalue weighted by Crippen LogP contribution is 2.28. The normalized spacial score (nSPS) is 16.5. The zero-order valence-corrected chi connectivity index (χ0v) is 18.2. The van der Waals surface area contributed by atoms with E-state index >= 15 is 0 Å². The molecule has 0 aliphatic carbocycles. The van der Waals surface area contributed by atoms with Crippen LogP contribution in [0.25, 0.3) is 22.3 Å². The van der Waals surface area contributed by atoms with Crippen LogP contribution in [0.15, 0.2) is 30.3 Å². The van der Waals surface area contributed by atoms with Crippen LogP contribution >= 0.6 is 24.8 Å². The van der Waals surface area contributed by atoms with Gasteiger partial charge in [0.05, 0.1) is 30.1 Å². The van der Waals surface area contributed by atoms with Crippen LogP contribution in [-0.4, -0.2) is 47.6 Å². The lowest BCUT2D eigenvalue weighted by molar-refractivity contribution is 0.122. The fourth-order valence-corrected chi connectivity index (χ4v) is 4.02. The first-order chi connectivity index (χ1) is 13.3. The van der Waals surface area contributed by atoms with Crippen molar-refractivity contribution >= 4 is 41.4 Å². The molecule has 1 fully saturated rings.